The third-order valence-corrected chi connectivity index (χ3v) is 6.82. The zero-order chi connectivity index (χ0) is 10.7. The van der Waals surface area contributed by atoms with Gasteiger partial charge in [-0.05, 0) is 33.2 Å². The van der Waals surface area contributed by atoms with Crippen molar-refractivity contribution in [3.8, 4) is 0 Å². The summed E-state index contributed by atoms with van der Waals surface area (Å²) in [5, 5.41) is 0. The van der Waals surface area contributed by atoms with E-state index in [1.807, 2.05) is 5.92 Å². The third-order valence-electron chi connectivity index (χ3n) is 6.82. The van der Waals surface area contributed by atoms with E-state index in [0.717, 1.165) is 6.04 Å². The summed E-state index contributed by atoms with van der Waals surface area (Å²) in [5.41, 5.74) is 7.81. The van der Waals surface area contributed by atoms with E-state index in [-0.39, 0.29) is 38.2 Å². The predicted octanol–water partition coefficient (Wildman–Crippen LogP) is 1.59. The molecule has 0 bridgehead atoms. The molecule has 4 atom stereocenters. The van der Waals surface area contributed by atoms with E-state index < -0.39 is 0 Å². The molecular formula is C13H22N2Y. The zero-order valence-corrected chi connectivity index (χ0v) is 13.6. The fraction of sp³-hybridized carbons (Fsp3) is 0.923. The van der Waals surface area contributed by atoms with Gasteiger partial charge in [-0.3, -0.25) is 0 Å². The number of nitrogens with zero attached hydrogens (tertiary/aromatic N) is 1. The molecule has 4 rings (SSSR count). The van der Waals surface area contributed by atoms with Gasteiger partial charge in [0.05, 0.1) is 0 Å². The molecule has 3 aliphatic heterocycles. The van der Waals surface area contributed by atoms with E-state index in [2.05, 4.69) is 20.8 Å². The Balaban J connectivity index is 0.000000810. The van der Waals surface area contributed by atoms with Crippen molar-refractivity contribution >= 4 is 0 Å². The first kappa shape index (κ1) is 12.1. The Bertz CT molecular complexity index is 361. The van der Waals surface area contributed by atoms with E-state index in [0.29, 0.717) is 11.1 Å². The minimum atomic E-state index is 0. The van der Waals surface area contributed by atoms with E-state index in [4.69, 9.17) is 5.73 Å². The molecule has 0 aromatic heterocycles. The van der Waals surface area contributed by atoms with Crippen molar-refractivity contribution in [1.29, 1.82) is 0 Å². The molecule has 4 unspecified atom stereocenters. The van der Waals surface area contributed by atoms with Crippen LogP contribution in [0.5, 0.6) is 0 Å². The Labute approximate surface area is 124 Å². The number of quaternary nitrogens is 1. The molecule has 3 heteroatoms. The van der Waals surface area contributed by atoms with Crippen LogP contribution in [0.1, 0.15) is 46.5 Å². The molecule has 1 aliphatic carbocycles. The van der Waals surface area contributed by atoms with Crippen molar-refractivity contribution < 1.29 is 37.2 Å². The molecular weight excluding hydrogens is 273 g/mol. The molecule has 2 N–H and O–H groups in total. The van der Waals surface area contributed by atoms with Crippen LogP contribution in [-0.4, -0.2) is 33.7 Å². The molecule has 4 fully saturated rings. The molecule has 4 aliphatic rings. The summed E-state index contributed by atoms with van der Waals surface area (Å²) in [6.07, 6.45) is 5.30. The molecule has 0 aromatic rings. The Morgan fingerprint density at radius 3 is 2.75 bits per heavy atom. The monoisotopic (exact) mass is 295 g/mol. The third kappa shape index (κ3) is 0.699. The number of rotatable bonds is 1. The van der Waals surface area contributed by atoms with Gasteiger partial charge in [0, 0.05) is 38.2 Å². The Kier molecular flexibility index (Phi) is 2.10. The van der Waals surface area contributed by atoms with E-state index in [9.17, 15) is 0 Å². The summed E-state index contributed by atoms with van der Waals surface area (Å²) in [6, 6.07) is 0.808. The van der Waals surface area contributed by atoms with Gasteiger partial charge in [0.15, 0.2) is 0 Å². The van der Waals surface area contributed by atoms with Gasteiger partial charge in [0.1, 0.15) is 17.1 Å². The predicted molar refractivity (Wildman–Crippen MR) is 60.0 cm³/mol. The van der Waals surface area contributed by atoms with Crippen LogP contribution in [0.15, 0.2) is 0 Å². The van der Waals surface area contributed by atoms with Gasteiger partial charge >= 0.3 is 0 Å². The minimum absolute atomic E-state index is 0. The average molecular weight is 295 g/mol. The second-order valence-corrected chi connectivity index (χ2v) is 6.76. The van der Waals surface area contributed by atoms with Crippen LogP contribution >= 0.6 is 0 Å². The maximum Gasteiger partial charge on any atom is 0.136 e. The smallest absolute Gasteiger partial charge is 0.136 e. The van der Waals surface area contributed by atoms with Gasteiger partial charge in [-0.1, -0.05) is 13.3 Å². The fourth-order valence-electron chi connectivity index (χ4n) is 6.12. The summed E-state index contributed by atoms with van der Waals surface area (Å²) >= 11 is 0. The van der Waals surface area contributed by atoms with E-state index in [1.165, 1.54) is 36.7 Å². The Morgan fingerprint density at radius 2 is 2.12 bits per heavy atom. The molecule has 16 heavy (non-hydrogen) atoms. The Morgan fingerprint density at radius 1 is 1.44 bits per heavy atom. The van der Waals surface area contributed by atoms with Crippen LogP contribution in [0.2, 0.25) is 0 Å². The second kappa shape index (κ2) is 2.79. The van der Waals surface area contributed by atoms with Gasteiger partial charge in [-0.25, -0.2) is 0 Å². The number of hydrogen-bond acceptors (Lipinski definition) is 1. The van der Waals surface area contributed by atoms with Crippen molar-refractivity contribution in [1.82, 2.24) is 0 Å². The number of hydrogen-bond donors (Lipinski definition) is 1. The summed E-state index contributed by atoms with van der Waals surface area (Å²) < 4.78 is 1.38. The SMILES string of the molecule is CCC12[C-]3CCCC4(N)C1[N+]2(C3)C4(C)C.[Y]. The zero-order valence-electron chi connectivity index (χ0n) is 10.7. The Hall–Kier alpha value is 1.02. The summed E-state index contributed by atoms with van der Waals surface area (Å²) in [6.45, 7) is 8.58. The first-order valence-corrected chi connectivity index (χ1v) is 6.51. The van der Waals surface area contributed by atoms with Crippen molar-refractivity contribution in [3.05, 3.63) is 5.92 Å². The van der Waals surface area contributed by atoms with Gasteiger partial charge in [-0.2, -0.15) is 12.3 Å². The largest absolute Gasteiger partial charge is 0.350 e. The minimum Gasteiger partial charge on any atom is -0.350 e. The fourth-order valence-corrected chi connectivity index (χ4v) is 6.12. The molecule has 2 nitrogen and oxygen atoms in total. The van der Waals surface area contributed by atoms with Crippen LogP contribution in [0.3, 0.4) is 0 Å². The quantitative estimate of drug-likeness (QED) is 0.444. The first-order chi connectivity index (χ1) is 6.99. The maximum absolute atomic E-state index is 6.75. The van der Waals surface area contributed by atoms with E-state index >= 15 is 0 Å². The van der Waals surface area contributed by atoms with Crippen molar-refractivity contribution in [2.75, 3.05) is 6.54 Å². The molecule has 3 saturated heterocycles. The number of nitrogens with two attached hydrogens (primary N) is 1. The second-order valence-electron chi connectivity index (χ2n) is 6.76. The molecule has 1 spiro atoms. The van der Waals surface area contributed by atoms with Gasteiger partial charge in [-0.15, -0.1) is 0 Å². The van der Waals surface area contributed by atoms with Gasteiger partial charge in [0.25, 0.3) is 0 Å². The van der Waals surface area contributed by atoms with Crippen molar-refractivity contribution in [3.63, 3.8) is 0 Å². The maximum atomic E-state index is 6.75. The topological polar surface area (TPSA) is 26.0 Å². The normalized spacial score (nSPS) is 59.6. The molecule has 0 aromatic carbocycles. The van der Waals surface area contributed by atoms with Crippen molar-refractivity contribution in [2.24, 2.45) is 5.73 Å². The summed E-state index contributed by atoms with van der Waals surface area (Å²) in [4.78, 5) is 0. The molecule has 3 heterocycles. The molecule has 87 valence electrons. The molecule has 1 saturated carbocycles. The van der Waals surface area contributed by atoms with Crippen molar-refractivity contribution in [2.45, 2.75) is 69.1 Å². The molecule has 1 radical (unpaired) electrons. The standard InChI is InChI=1S/C13H22N2.Y/c1-4-12-9-6-5-7-13(14)10(12)15(12,8-9)11(13,2)3;/h10H,4-8,14H2,1-3H3;. The van der Waals surface area contributed by atoms with Crippen LogP contribution < -0.4 is 5.73 Å². The summed E-state index contributed by atoms with van der Waals surface area (Å²) in [7, 11) is 0. The molecule has 0 amide bonds. The van der Waals surface area contributed by atoms with Crippen LogP contribution in [0.4, 0.5) is 0 Å². The average Bonchev–Trinajstić information content (AvgIpc) is 2.67. The first-order valence-electron chi connectivity index (χ1n) is 6.51. The van der Waals surface area contributed by atoms with Gasteiger partial charge in [0.2, 0.25) is 0 Å². The summed E-state index contributed by atoms with van der Waals surface area (Å²) in [5.74, 6) is 1.87. The van der Waals surface area contributed by atoms with Crippen LogP contribution in [-0.2, 0) is 32.7 Å². The van der Waals surface area contributed by atoms with E-state index in [1.54, 1.807) is 0 Å². The van der Waals surface area contributed by atoms with Crippen LogP contribution in [0.25, 0.3) is 0 Å². The van der Waals surface area contributed by atoms with Crippen LogP contribution in [0, 0.1) is 5.92 Å². The van der Waals surface area contributed by atoms with Gasteiger partial charge < -0.3 is 10.2 Å².